The van der Waals surface area contributed by atoms with E-state index in [1.807, 2.05) is 24.3 Å². The lowest BCUT2D eigenvalue weighted by molar-refractivity contribution is -0.132. The normalized spacial score (nSPS) is 17.9. The molecule has 0 saturated carbocycles. The highest BCUT2D eigenvalue weighted by Crippen LogP contribution is 2.43. The number of anilines is 1. The van der Waals surface area contributed by atoms with Crippen LogP contribution in [0.25, 0.3) is 16.5 Å². The van der Waals surface area contributed by atoms with Crippen molar-refractivity contribution in [3.05, 3.63) is 108 Å². The molecular weight excluding hydrogens is 416 g/mol. The van der Waals surface area contributed by atoms with Crippen LogP contribution in [0.5, 0.6) is 0 Å². The first-order valence-electron chi connectivity index (χ1n) is 9.74. The van der Waals surface area contributed by atoms with E-state index in [1.54, 1.807) is 24.3 Å². The summed E-state index contributed by atoms with van der Waals surface area (Å²) in [4.78, 5) is 26.8. The van der Waals surface area contributed by atoms with Crippen LogP contribution in [0.4, 0.5) is 14.5 Å². The number of Topliss-reactive ketones (excluding diaryl/α,β-unsaturated/α-hetero) is 1. The van der Waals surface area contributed by atoms with E-state index >= 15 is 0 Å². The highest BCUT2D eigenvalue weighted by atomic mass is 19.1. The number of halogens is 2. The first kappa shape index (κ1) is 19.7. The van der Waals surface area contributed by atoms with Gasteiger partial charge in [-0.1, -0.05) is 36.4 Å². The van der Waals surface area contributed by atoms with Crippen molar-refractivity contribution in [3.63, 3.8) is 0 Å². The Balaban J connectivity index is 1.72. The van der Waals surface area contributed by atoms with Gasteiger partial charge in [0.2, 0.25) is 0 Å². The van der Waals surface area contributed by atoms with Gasteiger partial charge in [0.15, 0.2) is 0 Å². The fourth-order valence-electron chi connectivity index (χ4n) is 3.97. The fraction of sp³-hybridized carbons (Fsp3) is 0.0400. The van der Waals surface area contributed by atoms with E-state index in [1.165, 1.54) is 12.3 Å². The zero-order valence-electron chi connectivity index (χ0n) is 16.5. The number of fused-ring (bicyclic) bond motifs is 1. The minimum Gasteiger partial charge on any atom is -0.507 e. The summed E-state index contributed by atoms with van der Waals surface area (Å²) in [5.74, 6) is -4.17. The van der Waals surface area contributed by atoms with Crippen molar-refractivity contribution >= 4 is 33.9 Å². The van der Waals surface area contributed by atoms with Gasteiger partial charge in [-0.25, -0.2) is 8.78 Å². The number of furan rings is 1. The molecule has 4 aromatic rings. The Morgan fingerprint density at radius 2 is 1.69 bits per heavy atom. The first-order valence-corrected chi connectivity index (χ1v) is 9.74. The van der Waals surface area contributed by atoms with Crippen LogP contribution >= 0.6 is 0 Å². The van der Waals surface area contributed by atoms with Gasteiger partial charge in [0.05, 0.1) is 17.5 Å². The predicted molar refractivity (Wildman–Crippen MR) is 114 cm³/mol. The Hall–Kier alpha value is -4.26. The minimum absolute atomic E-state index is 0.148. The van der Waals surface area contributed by atoms with Gasteiger partial charge in [-0.15, -0.1) is 0 Å². The van der Waals surface area contributed by atoms with Crippen molar-refractivity contribution < 1.29 is 27.9 Å². The summed E-state index contributed by atoms with van der Waals surface area (Å²) in [6.45, 7) is 0. The summed E-state index contributed by atoms with van der Waals surface area (Å²) in [7, 11) is 0. The van der Waals surface area contributed by atoms with E-state index in [2.05, 4.69) is 0 Å². The van der Waals surface area contributed by atoms with Gasteiger partial charge in [0, 0.05) is 11.6 Å². The van der Waals surface area contributed by atoms with E-state index in [9.17, 15) is 23.5 Å². The molecule has 5 nitrogen and oxygen atoms in total. The smallest absolute Gasteiger partial charge is 0.300 e. The molecular formula is C25H15F2NO4. The number of benzene rings is 3. The van der Waals surface area contributed by atoms with E-state index in [0.29, 0.717) is 11.6 Å². The molecule has 7 heteroatoms. The third-order valence-corrected chi connectivity index (χ3v) is 5.45. The number of hydrogen-bond donors (Lipinski definition) is 1. The number of nitrogens with zero attached hydrogens (tertiary/aromatic N) is 1. The van der Waals surface area contributed by atoms with Crippen LogP contribution in [0.1, 0.15) is 17.4 Å². The van der Waals surface area contributed by atoms with Crippen LogP contribution in [0, 0.1) is 11.6 Å². The number of carbonyl (C=O) groups is 2. The number of aliphatic hydroxyl groups excluding tert-OH is 1. The fourth-order valence-corrected chi connectivity index (χ4v) is 3.97. The highest BCUT2D eigenvalue weighted by molar-refractivity contribution is 6.51. The lowest BCUT2D eigenvalue weighted by atomic mass is 9.97. The van der Waals surface area contributed by atoms with Gasteiger partial charge < -0.3 is 9.52 Å². The van der Waals surface area contributed by atoms with Gasteiger partial charge in [0.25, 0.3) is 11.7 Å². The SMILES string of the molecule is O=C1C(=O)N(c2ccc(F)cc2F)C(c2ccco2)/C1=C(/O)c1ccc2ccccc2c1. The number of carbonyl (C=O) groups excluding carboxylic acids is 2. The molecule has 1 aliphatic rings. The zero-order valence-corrected chi connectivity index (χ0v) is 16.5. The lowest BCUT2D eigenvalue weighted by Crippen LogP contribution is -2.30. The Morgan fingerprint density at radius 3 is 2.41 bits per heavy atom. The lowest BCUT2D eigenvalue weighted by Gasteiger charge is -2.23. The first-order chi connectivity index (χ1) is 15.5. The standard InChI is InChI=1S/C25H15F2NO4/c26-17-9-10-19(18(27)13-17)28-22(20-6-3-11-32-20)21(24(30)25(28)31)23(29)16-8-7-14-4-1-2-5-15(14)12-16/h1-13,22,29H/b23-21-. The minimum atomic E-state index is -1.23. The maximum atomic E-state index is 14.6. The molecule has 1 aliphatic heterocycles. The molecule has 0 radical (unpaired) electrons. The third-order valence-electron chi connectivity index (χ3n) is 5.45. The maximum Gasteiger partial charge on any atom is 0.300 e. The third kappa shape index (κ3) is 3.06. The second-order valence-corrected chi connectivity index (χ2v) is 7.34. The largest absolute Gasteiger partial charge is 0.507 e. The molecule has 158 valence electrons. The van der Waals surface area contributed by atoms with Crippen LogP contribution in [-0.4, -0.2) is 16.8 Å². The van der Waals surface area contributed by atoms with Crippen LogP contribution < -0.4 is 4.90 Å². The molecule has 5 rings (SSSR count). The van der Waals surface area contributed by atoms with Crippen LogP contribution in [-0.2, 0) is 9.59 Å². The zero-order chi connectivity index (χ0) is 22.4. The number of ketones is 1. The van der Waals surface area contributed by atoms with Crippen LogP contribution in [0.15, 0.2) is 89.0 Å². The van der Waals surface area contributed by atoms with Gasteiger partial charge in [-0.05, 0) is 41.1 Å². The Labute approximate surface area is 180 Å². The molecule has 1 atom stereocenters. The van der Waals surface area contributed by atoms with Crippen LogP contribution in [0.3, 0.4) is 0 Å². The summed E-state index contributed by atoms with van der Waals surface area (Å²) >= 11 is 0. The van der Waals surface area contributed by atoms with E-state index in [0.717, 1.165) is 27.8 Å². The Kier molecular flexibility index (Phi) is 4.59. The Morgan fingerprint density at radius 1 is 0.906 bits per heavy atom. The van der Waals surface area contributed by atoms with Crippen molar-refractivity contribution in [1.29, 1.82) is 0 Å². The molecule has 0 bridgehead atoms. The second kappa shape index (κ2) is 7.46. The molecule has 32 heavy (non-hydrogen) atoms. The summed E-state index contributed by atoms with van der Waals surface area (Å²) < 4.78 is 33.5. The predicted octanol–water partition coefficient (Wildman–Crippen LogP) is 5.34. The molecule has 1 amide bonds. The quantitative estimate of drug-likeness (QED) is 0.270. The molecule has 1 saturated heterocycles. The number of hydrogen-bond acceptors (Lipinski definition) is 4. The number of amides is 1. The Bertz CT molecular complexity index is 1410. The molecule has 1 unspecified atom stereocenters. The number of aliphatic hydroxyl groups is 1. The summed E-state index contributed by atoms with van der Waals surface area (Å²) in [5.41, 5.74) is -0.228. The second-order valence-electron chi connectivity index (χ2n) is 7.34. The molecule has 0 spiro atoms. The summed E-state index contributed by atoms with van der Waals surface area (Å²) in [5, 5.41) is 12.9. The van der Waals surface area contributed by atoms with Crippen molar-refractivity contribution in [2.45, 2.75) is 6.04 Å². The summed E-state index contributed by atoms with van der Waals surface area (Å²) in [6, 6.07) is 17.1. The average molecular weight is 431 g/mol. The topological polar surface area (TPSA) is 70.8 Å². The van der Waals surface area contributed by atoms with Gasteiger partial charge in [-0.2, -0.15) is 0 Å². The molecule has 3 aromatic carbocycles. The summed E-state index contributed by atoms with van der Waals surface area (Å²) in [6.07, 6.45) is 1.34. The van der Waals surface area contributed by atoms with Crippen molar-refractivity contribution in [1.82, 2.24) is 0 Å². The van der Waals surface area contributed by atoms with E-state index < -0.39 is 35.1 Å². The highest BCUT2D eigenvalue weighted by Gasteiger charge is 2.49. The molecule has 1 fully saturated rings. The van der Waals surface area contributed by atoms with Gasteiger partial charge >= 0.3 is 0 Å². The van der Waals surface area contributed by atoms with Gasteiger partial charge in [-0.3, -0.25) is 14.5 Å². The van der Waals surface area contributed by atoms with Crippen LogP contribution in [0.2, 0.25) is 0 Å². The van der Waals surface area contributed by atoms with Crippen molar-refractivity contribution in [2.75, 3.05) is 4.90 Å². The monoisotopic (exact) mass is 431 g/mol. The average Bonchev–Trinajstić information content (AvgIpc) is 3.40. The van der Waals surface area contributed by atoms with Crippen molar-refractivity contribution in [3.8, 4) is 0 Å². The molecule has 1 N–H and O–H groups in total. The van der Waals surface area contributed by atoms with E-state index in [-0.39, 0.29) is 17.0 Å². The van der Waals surface area contributed by atoms with Gasteiger partial charge in [0.1, 0.15) is 29.2 Å². The molecule has 2 heterocycles. The molecule has 1 aromatic heterocycles. The number of rotatable bonds is 3. The molecule has 0 aliphatic carbocycles. The van der Waals surface area contributed by atoms with E-state index in [4.69, 9.17) is 4.42 Å². The maximum absolute atomic E-state index is 14.6. The van der Waals surface area contributed by atoms with Crippen molar-refractivity contribution in [2.24, 2.45) is 0 Å².